The second-order valence-corrected chi connectivity index (χ2v) is 8.74. The van der Waals surface area contributed by atoms with E-state index in [1.54, 1.807) is 11.0 Å². The zero-order valence-corrected chi connectivity index (χ0v) is 17.9. The number of rotatable bonds is 6. The monoisotopic (exact) mass is 412 g/mol. The Bertz CT molecular complexity index is 781. The maximum atomic E-state index is 13.4. The van der Waals surface area contributed by atoms with Gasteiger partial charge in [0.1, 0.15) is 12.4 Å². The first-order valence-corrected chi connectivity index (χ1v) is 11.0. The number of ether oxygens (including phenoxy) is 1. The standard InChI is InChI=1S/C22H32N6O2/c1-17-13-26(14-18(2)30-17)15-20-8-10-27(11-9-20)22(29)21(28-16-23-24-25-28)12-19-6-4-3-5-7-19/h3-7,16-18,20-21H,8-15H2,1-2H3. The van der Waals surface area contributed by atoms with E-state index in [-0.39, 0.29) is 5.91 Å². The summed E-state index contributed by atoms with van der Waals surface area (Å²) >= 11 is 0. The molecule has 2 aliphatic heterocycles. The van der Waals surface area contributed by atoms with Crippen molar-refractivity contribution in [3.05, 3.63) is 42.2 Å². The van der Waals surface area contributed by atoms with Crippen molar-refractivity contribution in [2.45, 2.75) is 51.4 Å². The molecule has 1 aromatic carbocycles. The van der Waals surface area contributed by atoms with Crippen molar-refractivity contribution < 1.29 is 9.53 Å². The van der Waals surface area contributed by atoms with E-state index in [0.29, 0.717) is 24.5 Å². The third-order valence-corrected chi connectivity index (χ3v) is 6.18. The molecule has 162 valence electrons. The first-order valence-electron chi connectivity index (χ1n) is 11.0. The zero-order chi connectivity index (χ0) is 20.9. The van der Waals surface area contributed by atoms with Crippen LogP contribution in [0.5, 0.6) is 0 Å². The predicted molar refractivity (Wildman–Crippen MR) is 113 cm³/mol. The first-order chi connectivity index (χ1) is 14.6. The summed E-state index contributed by atoms with van der Waals surface area (Å²) in [5, 5.41) is 11.5. The summed E-state index contributed by atoms with van der Waals surface area (Å²) in [4.78, 5) is 17.9. The highest BCUT2D eigenvalue weighted by Crippen LogP contribution is 2.24. The molecule has 2 fully saturated rings. The molecule has 0 spiro atoms. The fourth-order valence-corrected chi connectivity index (χ4v) is 4.79. The van der Waals surface area contributed by atoms with Gasteiger partial charge in [-0.05, 0) is 48.6 Å². The summed E-state index contributed by atoms with van der Waals surface area (Å²) in [7, 11) is 0. The molecule has 8 heteroatoms. The molecule has 0 radical (unpaired) electrons. The minimum absolute atomic E-state index is 0.109. The molecule has 3 unspecified atom stereocenters. The third-order valence-electron chi connectivity index (χ3n) is 6.18. The number of piperidine rings is 1. The summed E-state index contributed by atoms with van der Waals surface area (Å²) < 4.78 is 7.45. The van der Waals surface area contributed by atoms with Gasteiger partial charge in [-0.1, -0.05) is 30.3 Å². The van der Waals surface area contributed by atoms with Crippen molar-refractivity contribution in [3.8, 4) is 0 Å². The predicted octanol–water partition coefficient (Wildman–Crippen LogP) is 1.80. The molecular formula is C22H32N6O2. The molecule has 4 rings (SSSR count). The van der Waals surface area contributed by atoms with Crippen LogP contribution in [-0.4, -0.2) is 80.8 Å². The van der Waals surface area contributed by atoms with E-state index in [0.717, 1.165) is 51.1 Å². The summed E-state index contributed by atoms with van der Waals surface area (Å²) in [5.41, 5.74) is 1.11. The van der Waals surface area contributed by atoms with Crippen molar-refractivity contribution in [1.82, 2.24) is 30.0 Å². The average Bonchev–Trinajstić information content (AvgIpc) is 3.27. The van der Waals surface area contributed by atoms with Crippen LogP contribution in [0, 0.1) is 5.92 Å². The van der Waals surface area contributed by atoms with E-state index in [9.17, 15) is 4.79 Å². The Morgan fingerprint density at radius 1 is 1.13 bits per heavy atom. The molecule has 1 aromatic heterocycles. The number of amides is 1. The molecule has 0 saturated carbocycles. The van der Waals surface area contributed by atoms with Gasteiger partial charge in [-0.25, -0.2) is 4.68 Å². The molecule has 3 heterocycles. The van der Waals surface area contributed by atoms with Crippen LogP contribution in [0.4, 0.5) is 0 Å². The molecule has 2 aliphatic rings. The van der Waals surface area contributed by atoms with Gasteiger partial charge in [-0.15, -0.1) is 5.10 Å². The number of morpholine rings is 1. The van der Waals surface area contributed by atoms with Gasteiger partial charge in [0.25, 0.3) is 0 Å². The van der Waals surface area contributed by atoms with E-state index in [2.05, 4.69) is 34.3 Å². The van der Waals surface area contributed by atoms with Gasteiger partial charge >= 0.3 is 0 Å². The Morgan fingerprint density at radius 2 is 1.83 bits per heavy atom. The lowest BCUT2D eigenvalue weighted by molar-refractivity contribution is -0.136. The normalized spacial score (nSPS) is 24.7. The van der Waals surface area contributed by atoms with Crippen molar-refractivity contribution in [1.29, 1.82) is 0 Å². The van der Waals surface area contributed by atoms with Crippen LogP contribution in [0.1, 0.15) is 38.3 Å². The number of likely N-dealkylation sites (tertiary alicyclic amines) is 1. The lowest BCUT2D eigenvalue weighted by Gasteiger charge is -2.40. The second-order valence-electron chi connectivity index (χ2n) is 8.74. The van der Waals surface area contributed by atoms with Gasteiger partial charge in [0.05, 0.1) is 12.2 Å². The summed E-state index contributed by atoms with van der Waals surface area (Å²) in [6.07, 6.45) is 4.81. The Morgan fingerprint density at radius 3 is 2.47 bits per heavy atom. The largest absolute Gasteiger partial charge is 0.373 e. The molecule has 0 aliphatic carbocycles. The van der Waals surface area contributed by atoms with Crippen LogP contribution < -0.4 is 0 Å². The molecule has 2 saturated heterocycles. The minimum atomic E-state index is -0.403. The maximum Gasteiger partial charge on any atom is 0.247 e. The van der Waals surface area contributed by atoms with Crippen LogP contribution in [-0.2, 0) is 16.0 Å². The van der Waals surface area contributed by atoms with E-state index < -0.39 is 6.04 Å². The van der Waals surface area contributed by atoms with Gasteiger partial charge < -0.3 is 9.64 Å². The van der Waals surface area contributed by atoms with Crippen LogP contribution in [0.15, 0.2) is 36.7 Å². The van der Waals surface area contributed by atoms with Crippen molar-refractivity contribution in [2.24, 2.45) is 5.92 Å². The number of hydrogen-bond donors (Lipinski definition) is 0. The summed E-state index contributed by atoms with van der Waals surface area (Å²) in [6, 6.07) is 9.66. The number of carbonyl (C=O) groups is 1. The molecule has 30 heavy (non-hydrogen) atoms. The Balaban J connectivity index is 1.35. The van der Waals surface area contributed by atoms with E-state index >= 15 is 0 Å². The third kappa shape index (κ3) is 5.23. The van der Waals surface area contributed by atoms with E-state index in [1.165, 1.54) is 0 Å². The smallest absolute Gasteiger partial charge is 0.247 e. The number of nitrogens with zero attached hydrogens (tertiary/aromatic N) is 6. The highest BCUT2D eigenvalue weighted by molar-refractivity contribution is 5.80. The Hall–Kier alpha value is -2.32. The number of carbonyl (C=O) groups excluding carboxylic acids is 1. The Kier molecular flexibility index (Phi) is 6.74. The number of benzene rings is 1. The van der Waals surface area contributed by atoms with Gasteiger partial charge in [-0.2, -0.15) is 0 Å². The molecule has 3 atom stereocenters. The number of tetrazole rings is 1. The summed E-state index contributed by atoms with van der Waals surface area (Å²) in [5.74, 6) is 0.741. The van der Waals surface area contributed by atoms with Gasteiger partial charge in [-0.3, -0.25) is 9.69 Å². The molecule has 2 aromatic rings. The fourth-order valence-electron chi connectivity index (χ4n) is 4.79. The molecule has 8 nitrogen and oxygen atoms in total. The van der Waals surface area contributed by atoms with Gasteiger partial charge in [0, 0.05) is 39.1 Å². The quantitative estimate of drug-likeness (QED) is 0.720. The van der Waals surface area contributed by atoms with Gasteiger partial charge in [0.15, 0.2) is 0 Å². The van der Waals surface area contributed by atoms with E-state index in [1.807, 2.05) is 35.2 Å². The second kappa shape index (κ2) is 9.66. The molecule has 0 bridgehead atoms. The van der Waals surface area contributed by atoms with E-state index in [4.69, 9.17) is 4.74 Å². The van der Waals surface area contributed by atoms with Crippen molar-refractivity contribution in [3.63, 3.8) is 0 Å². The lowest BCUT2D eigenvalue weighted by Crippen LogP contribution is -2.49. The highest BCUT2D eigenvalue weighted by Gasteiger charge is 2.32. The Labute approximate surface area is 178 Å². The van der Waals surface area contributed by atoms with Crippen LogP contribution in [0.25, 0.3) is 0 Å². The van der Waals surface area contributed by atoms with Crippen molar-refractivity contribution in [2.75, 3.05) is 32.7 Å². The average molecular weight is 413 g/mol. The van der Waals surface area contributed by atoms with Crippen LogP contribution in [0.3, 0.4) is 0 Å². The fraction of sp³-hybridized carbons (Fsp3) is 0.636. The maximum absolute atomic E-state index is 13.4. The molecular weight excluding hydrogens is 380 g/mol. The SMILES string of the molecule is CC1CN(CC2CCN(C(=O)C(Cc3ccccc3)n3cnnn3)CC2)CC(C)O1. The number of hydrogen-bond acceptors (Lipinski definition) is 6. The van der Waals surface area contributed by atoms with Crippen molar-refractivity contribution >= 4 is 5.91 Å². The van der Waals surface area contributed by atoms with Gasteiger partial charge in [0.2, 0.25) is 5.91 Å². The molecule has 0 N–H and O–H groups in total. The van der Waals surface area contributed by atoms with Crippen LogP contribution >= 0.6 is 0 Å². The topological polar surface area (TPSA) is 76.4 Å². The van der Waals surface area contributed by atoms with Crippen LogP contribution in [0.2, 0.25) is 0 Å². The molecule has 1 amide bonds. The summed E-state index contributed by atoms with van der Waals surface area (Å²) in [6.45, 7) is 8.99. The zero-order valence-electron chi connectivity index (χ0n) is 17.9. The minimum Gasteiger partial charge on any atom is -0.373 e. The first kappa shape index (κ1) is 20.9. The lowest BCUT2D eigenvalue weighted by atomic mass is 9.94. The number of aromatic nitrogens is 4. The highest BCUT2D eigenvalue weighted by atomic mass is 16.5.